The van der Waals surface area contributed by atoms with Gasteiger partial charge in [0.05, 0.1) is 29.0 Å². The van der Waals surface area contributed by atoms with Crippen LogP contribution in [0.15, 0.2) is 35.4 Å². The number of carbonyl (C=O) groups is 2. The molecule has 0 aliphatic carbocycles. The number of carbonyl (C=O) groups excluding carboxylic acids is 2. The van der Waals surface area contributed by atoms with E-state index in [2.05, 4.69) is 38.4 Å². The van der Waals surface area contributed by atoms with E-state index in [4.69, 9.17) is 37.4 Å². The second-order valence-corrected chi connectivity index (χ2v) is 10.0. The topological polar surface area (TPSA) is 98.2 Å². The summed E-state index contributed by atoms with van der Waals surface area (Å²) >= 11 is 14.1. The molecule has 0 spiro atoms. The van der Waals surface area contributed by atoms with Crippen molar-refractivity contribution < 1.29 is 23.8 Å². The van der Waals surface area contributed by atoms with E-state index in [0.717, 1.165) is 3.57 Å². The summed E-state index contributed by atoms with van der Waals surface area (Å²) in [5, 5.41) is 7.52. The monoisotopic (exact) mass is 635 g/mol. The molecule has 0 radical (unpaired) electrons. The molecule has 0 saturated carbocycles. The van der Waals surface area contributed by atoms with Gasteiger partial charge in [0.25, 0.3) is 11.8 Å². The van der Waals surface area contributed by atoms with E-state index in [1.54, 1.807) is 39.3 Å². The van der Waals surface area contributed by atoms with E-state index in [-0.39, 0.29) is 10.9 Å². The molecule has 2 amide bonds. The van der Waals surface area contributed by atoms with Crippen LogP contribution in [0.5, 0.6) is 17.2 Å². The number of rotatable bonds is 11. The van der Waals surface area contributed by atoms with E-state index in [1.807, 2.05) is 19.9 Å². The molecule has 0 aromatic heterocycles. The molecule has 2 aromatic rings. The van der Waals surface area contributed by atoms with Crippen LogP contribution in [-0.4, -0.2) is 44.4 Å². The predicted molar refractivity (Wildman–Crippen MR) is 146 cm³/mol. The zero-order chi connectivity index (χ0) is 26.1. The van der Waals surface area contributed by atoms with Crippen molar-refractivity contribution in [3.63, 3.8) is 0 Å². The molecule has 0 aliphatic rings. The van der Waals surface area contributed by atoms with E-state index in [1.165, 1.54) is 12.3 Å². The van der Waals surface area contributed by atoms with Gasteiger partial charge in [-0.3, -0.25) is 9.59 Å². The van der Waals surface area contributed by atoms with E-state index < -0.39 is 24.0 Å². The minimum Gasteiger partial charge on any atom is -0.493 e. The van der Waals surface area contributed by atoms with Gasteiger partial charge in [0.2, 0.25) is 0 Å². The molecule has 0 fully saturated rings. The first-order valence-electron chi connectivity index (χ1n) is 10.7. The van der Waals surface area contributed by atoms with Crippen LogP contribution in [0, 0.1) is 9.49 Å². The zero-order valence-corrected chi connectivity index (χ0v) is 23.7. The number of halogens is 3. The molecule has 11 heteroatoms. The van der Waals surface area contributed by atoms with Crippen LogP contribution in [0.3, 0.4) is 0 Å². The van der Waals surface area contributed by atoms with Gasteiger partial charge in [-0.15, -0.1) is 0 Å². The maximum absolute atomic E-state index is 12.8. The fourth-order valence-electron chi connectivity index (χ4n) is 3.07. The van der Waals surface area contributed by atoms with Gasteiger partial charge < -0.3 is 19.5 Å². The van der Waals surface area contributed by atoms with Gasteiger partial charge in [-0.25, -0.2) is 5.43 Å². The lowest BCUT2D eigenvalue weighted by atomic mass is 10.0. The lowest BCUT2D eigenvalue weighted by Gasteiger charge is -2.22. The highest BCUT2D eigenvalue weighted by atomic mass is 127. The largest absolute Gasteiger partial charge is 0.493 e. The molecule has 2 atom stereocenters. The molecule has 0 aliphatic heterocycles. The van der Waals surface area contributed by atoms with Crippen LogP contribution in [0.1, 0.15) is 32.8 Å². The number of hydrazone groups is 1. The van der Waals surface area contributed by atoms with Crippen LogP contribution in [0.4, 0.5) is 0 Å². The number of hydrogen-bond acceptors (Lipinski definition) is 6. The van der Waals surface area contributed by atoms with Gasteiger partial charge in [0.15, 0.2) is 17.6 Å². The van der Waals surface area contributed by atoms with Crippen molar-refractivity contribution in [1.82, 2.24) is 10.7 Å². The number of nitrogens with one attached hydrogen (secondary N) is 2. The summed E-state index contributed by atoms with van der Waals surface area (Å²) in [6.07, 6.45) is 1.01. The number of nitrogens with zero attached hydrogens (tertiary/aromatic N) is 1. The van der Waals surface area contributed by atoms with Crippen LogP contribution in [-0.2, 0) is 9.59 Å². The second kappa shape index (κ2) is 13.7. The first kappa shape index (κ1) is 29.0. The van der Waals surface area contributed by atoms with Gasteiger partial charge in [0.1, 0.15) is 11.8 Å². The molecule has 2 rings (SSSR count). The lowest BCUT2D eigenvalue weighted by molar-refractivity contribution is -0.132. The highest BCUT2D eigenvalue weighted by Gasteiger charge is 2.25. The smallest absolute Gasteiger partial charge is 0.262 e. The van der Waals surface area contributed by atoms with Crippen LogP contribution in [0.25, 0.3) is 0 Å². The molecule has 190 valence electrons. The number of ether oxygens (including phenoxy) is 3. The zero-order valence-electron chi connectivity index (χ0n) is 20.0. The van der Waals surface area contributed by atoms with E-state index in [9.17, 15) is 9.59 Å². The fourth-order valence-corrected chi connectivity index (χ4v) is 4.37. The quantitative estimate of drug-likeness (QED) is 0.204. The molecule has 0 heterocycles. The van der Waals surface area contributed by atoms with E-state index >= 15 is 0 Å². The number of methoxy groups -OCH3 is 2. The molecule has 8 nitrogen and oxygen atoms in total. The van der Waals surface area contributed by atoms with Crippen LogP contribution >= 0.6 is 45.8 Å². The maximum atomic E-state index is 12.8. The lowest BCUT2D eigenvalue weighted by Crippen LogP contribution is -2.49. The standard InChI is InChI=1S/C24H28Cl2IN3O5/c1-13(2)8-19(29-23(31)14(3)35-20-7-6-16(25)11-17(20)26)24(32)30-28-12-15-9-18(27)22(34-5)21(10-15)33-4/h6-7,9-14,19H,8H2,1-5H3,(H,29,31)(H,30,32)/b28-12-/t14-,19-/m1/s1. The Bertz CT molecular complexity index is 1080. The minimum absolute atomic E-state index is 0.143. The highest BCUT2D eigenvalue weighted by molar-refractivity contribution is 14.1. The molecular formula is C24H28Cl2IN3O5. The van der Waals surface area contributed by atoms with Gasteiger partial charge in [0, 0.05) is 5.02 Å². The normalized spacial score (nSPS) is 12.8. The van der Waals surface area contributed by atoms with Gasteiger partial charge in [-0.2, -0.15) is 5.10 Å². The van der Waals surface area contributed by atoms with Gasteiger partial charge >= 0.3 is 0 Å². The molecule has 35 heavy (non-hydrogen) atoms. The Morgan fingerprint density at radius 3 is 2.37 bits per heavy atom. The summed E-state index contributed by atoms with van der Waals surface area (Å²) < 4.78 is 17.1. The summed E-state index contributed by atoms with van der Waals surface area (Å²) in [5.41, 5.74) is 3.20. The molecule has 0 saturated heterocycles. The van der Waals surface area contributed by atoms with Crippen molar-refractivity contribution in [2.75, 3.05) is 14.2 Å². The average Bonchev–Trinajstić information content (AvgIpc) is 2.79. The van der Waals surface area contributed by atoms with Crippen molar-refractivity contribution in [1.29, 1.82) is 0 Å². The fraction of sp³-hybridized carbons (Fsp3) is 0.375. The Morgan fingerprint density at radius 1 is 1.06 bits per heavy atom. The van der Waals surface area contributed by atoms with Gasteiger partial charge in [-0.05, 0) is 77.7 Å². The molecule has 0 unspecified atom stereocenters. The first-order chi connectivity index (χ1) is 16.5. The van der Waals surface area contributed by atoms with Crippen molar-refractivity contribution in [3.8, 4) is 17.2 Å². The third-order valence-corrected chi connectivity index (χ3v) is 6.08. The van der Waals surface area contributed by atoms with Crippen molar-refractivity contribution >= 4 is 63.8 Å². The van der Waals surface area contributed by atoms with Gasteiger partial charge in [-0.1, -0.05) is 37.0 Å². The third-order valence-electron chi connectivity index (χ3n) is 4.75. The summed E-state index contributed by atoms with van der Waals surface area (Å²) in [6, 6.07) is 7.49. The van der Waals surface area contributed by atoms with Crippen LogP contribution in [0.2, 0.25) is 10.0 Å². The summed E-state index contributed by atoms with van der Waals surface area (Å²) in [5.74, 6) is 0.713. The Hall–Kier alpha value is -2.24. The maximum Gasteiger partial charge on any atom is 0.262 e. The molecule has 0 bridgehead atoms. The minimum atomic E-state index is -0.895. The van der Waals surface area contributed by atoms with Crippen LogP contribution < -0.4 is 25.0 Å². The second-order valence-electron chi connectivity index (χ2n) is 8.00. The van der Waals surface area contributed by atoms with Crippen molar-refractivity contribution in [2.24, 2.45) is 11.0 Å². The Balaban J connectivity index is 2.06. The third kappa shape index (κ3) is 8.73. The summed E-state index contributed by atoms with van der Waals surface area (Å²) in [6.45, 7) is 5.48. The summed E-state index contributed by atoms with van der Waals surface area (Å²) in [7, 11) is 3.11. The SMILES string of the molecule is COc1cc(/C=N\NC(=O)[C@@H](CC(C)C)NC(=O)[C@@H](C)Oc2ccc(Cl)cc2Cl)cc(I)c1OC. The molecular weight excluding hydrogens is 608 g/mol. The predicted octanol–water partition coefficient (Wildman–Crippen LogP) is 5.06. The van der Waals surface area contributed by atoms with Crippen molar-refractivity contribution in [2.45, 2.75) is 39.3 Å². The Labute approximate surface area is 228 Å². The Kier molecular flexibility index (Phi) is 11.4. The van der Waals surface area contributed by atoms with E-state index in [0.29, 0.717) is 34.3 Å². The number of hydrogen-bond donors (Lipinski definition) is 2. The average molecular weight is 636 g/mol. The summed E-state index contributed by atoms with van der Waals surface area (Å²) in [4.78, 5) is 25.5. The molecule has 2 aromatic carbocycles. The van der Waals surface area contributed by atoms with Crippen molar-refractivity contribution in [3.05, 3.63) is 49.5 Å². The molecule has 2 N–H and O–H groups in total. The number of benzene rings is 2. The number of amides is 2. The Morgan fingerprint density at radius 2 is 1.77 bits per heavy atom. The first-order valence-corrected chi connectivity index (χ1v) is 12.6. The highest BCUT2D eigenvalue weighted by Crippen LogP contribution is 2.33.